The van der Waals surface area contributed by atoms with E-state index in [0.29, 0.717) is 22.6 Å². The first kappa shape index (κ1) is 22.0. The Balaban J connectivity index is 1.31. The Morgan fingerprint density at radius 1 is 1.03 bits per heavy atom. The number of nitrogens with zero attached hydrogens (tertiary/aromatic N) is 3. The second-order valence-corrected chi connectivity index (χ2v) is 7.79. The lowest BCUT2D eigenvalue weighted by Gasteiger charge is -2.18. The lowest BCUT2D eigenvalue weighted by Crippen LogP contribution is -2.28. The molecule has 3 amide bonds. The van der Waals surface area contributed by atoms with E-state index in [1.165, 1.54) is 28.9 Å². The Morgan fingerprint density at radius 3 is 2.66 bits per heavy atom. The maximum atomic E-state index is 13.4. The van der Waals surface area contributed by atoms with Gasteiger partial charge in [-0.3, -0.25) is 14.4 Å². The molecular formula is C24H19FN6O4. The van der Waals surface area contributed by atoms with Crippen LogP contribution in [0, 0.1) is 5.82 Å². The topological polar surface area (TPSA) is 127 Å². The predicted molar refractivity (Wildman–Crippen MR) is 122 cm³/mol. The lowest BCUT2D eigenvalue weighted by atomic mass is 10.1. The SMILES string of the molecule is O=C1COc2ccc(CNC(=O)c3cc(C(=O)NCc4cccc(F)c4)n4nccc4n3)cc2N1. The van der Waals surface area contributed by atoms with Crippen LogP contribution < -0.4 is 20.7 Å². The van der Waals surface area contributed by atoms with Gasteiger partial charge in [0.25, 0.3) is 17.7 Å². The molecule has 3 heterocycles. The molecule has 0 saturated heterocycles. The number of hydrogen-bond donors (Lipinski definition) is 3. The molecule has 1 aliphatic rings. The van der Waals surface area contributed by atoms with E-state index in [9.17, 15) is 18.8 Å². The van der Waals surface area contributed by atoms with Gasteiger partial charge in [0.15, 0.2) is 12.3 Å². The van der Waals surface area contributed by atoms with Crippen LogP contribution in [0.5, 0.6) is 5.75 Å². The summed E-state index contributed by atoms with van der Waals surface area (Å²) in [4.78, 5) is 41.5. The Morgan fingerprint density at radius 2 is 1.83 bits per heavy atom. The van der Waals surface area contributed by atoms with Crippen molar-refractivity contribution < 1.29 is 23.5 Å². The van der Waals surface area contributed by atoms with Crippen molar-refractivity contribution in [2.24, 2.45) is 0 Å². The fourth-order valence-corrected chi connectivity index (χ4v) is 3.62. The van der Waals surface area contributed by atoms with Crippen molar-refractivity contribution in [1.82, 2.24) is 25.2 Å². The first-order chi connectivity index (χ1) is 17.0. The molecule has 176 valence electrons. The van der Waals surface area contributed by atoms with Gasteiger partial charge < -0.3 is 20.7 Å². The van der Waals surface area contributed by atoms with Gasteiger partial charge >= 0.3 is 0 Å². The van der Waals surface area contributed by atoms with E-state index in [1.807, 2.05) is 0 Å². The third kappa shape index (κ3) is 4.78. The summed E-state index contributed by atoms with van der Waals surface area (Å²) in [7, 11) is 0. The van der Waals surface area contributed by atoms with Gasteiger partial charge in [-0.05, 0) is 35.4 Å². The van der Waals surface area contributed by atoms with Crippen LogP contribution in [-0.4, -0.2) is 38.9 Å². The molecule has 2 aromatic heterocycles. The minimum Gasteiger partial charge on any atom is -0.482 e. The average molecular weight is 474 g/mol. The zero-order valence-electron chi connectivity index (χ0n) is 18.2. The van der Waals surface area contributed by atoms with Crippen LogP contribution in [0.1, 0.15) is 32.1 Å². The van der Waals surface area contributed by atoms with Crippen molar-refractivity contribution in [3.8, 4) is 5.75 Å². The normalized spacial score (nSPS) is 12.4. The lowest BCUT2D eigenvalue weighted by molar-refractivity contribution is -0.118. The Kier molecular flexibility index (Phi) is 5.80. The zero-order chi connectivity index (χ0) is 24.4. The summed E-state index contributed by atoms with van der Waals surface area (Å²) < 4.78 is 20.1. The molecule has 0 unspecified atom stereocenters. The number of carbonyl (C=O) groups is 3. The summed E-state index contributed by atoms with van der Waals surface area (Å²) in [6.45, 7) is 0.223. The monoisotopic (exact) mass is 474 g/mol. The maximum Gasteiger partial charge on any atom is 0.270 e. The molecule has 0 radical (unpaired) electrons. The highest BCUT2D eigenvalue weighted by molar-refractivity contribution is 5.98. The van der Waals surface area contributed by atoms with Crippen LogP contribution in [0.4, 0.5) is 10.1 Å². The van der Waals surface area contributed by atoms with E-state index in [0.717, 1.165) is 5.56 Å². The minimum absolute atomic E-state index is 0.0310. The van der Waals surface area contributed by atoms with Crippen LogP contribution in [0.25, 0.3) is 5.65 Å². The Labute approximate surface area is 198 Å². The van der Waals surface area contributed by atoms with Gasteiger partial charge in [0.1, 0.15) is 23.0 Å². The molecular weight excluding hydrogens is 455 g/mol. The van der Waals surface area contributed by atoms with Crippen LogP contribution >= 0.6 is 0 Å². The highest BCUT2D eigenvalue weighted by atomic mass is 19.1. The number of hydrogen-bond acceptors (Lipinski definition) is 6. The maximum absolute atomic E-state index is 13.4. The van der Waals surface area contributed by atoms with E-state index in [1.54, 1.807) is 36.4 Å². The summed E-state index contributed by atoms with van der Waals surface area (Å²) in [5.41, 5.74) is 2.32. The van der Waals surface area contributed by atoms with Gasteiger partial charge in [-0.2, -0.15) is 5.10 Å². The van der Waals surface area contributed by atoms with Crippen LogP contribution in [0.2, 0.25) is 0 Å². The van der Waals surface area contributed by atoms with Gasteiger partial charge in [-0.15, -0.1) is 0 Å². The molecule has 0 atom stereocenters. The van der Waals surface area contributed by atoms with Gasteiger partial charge in [-0.25, -0.2) is 13.9 Å². The number of carbonyl (C=O) groups excluding carboxylic acids is 3. The smallest absolute Gasteiger partial charge is 0.270 e. The number of halogens is 1. The van der Waals surface area contributed by atoms with Gasteiger partial charge in [0, 0.05) is 25.2 Å². The molecule has 1 aliphatic heterocycles. The molecule has 0 spiro atoms. The van der Waals surface area contributed by atoms with E-state index in [4.69, 9.17) is 4.74 Å². The summed E-state index contributed by atoms with van der Waals surface area (Å²) >= 11 is 0. The first-order valence-corrected chi connectivity index (χ1v) is 10.7. The standard InChI is InChI=1S/C24H19FN6O4/c25-16-3-1-2-14(8-16)11-27-24(34)19-10-18(29-21-6-7-28-31(19)21)23(33)26-12-15-4-5-20-17(9-15)30-22(32)13-35-20/h1-10H,11-13H2,(H,26,33)(H,27,34)(H,30,32). The van der Waals surface area contributed by atoms with Crippen molar-refractivity contribution in [3.05, 3.63) is 89.1 Å². The van der Waals surface area contributed by atoms with Crippen molar-refractivity contribution >= 4 is 29.1 Å². The second kappa shape index (κ2) is 9.21. The number of ether oxygens (including phenoxy) is 1. The molecule has 35 heavy (non-hydrogen) atoms. The number of aromatic nitrogens is 3. The third-order valence-corrected chi connectivity index (χ3v) is 5.30. The van der Waals surface area contributed by atoms with Crippen molar-refractivity contribution in [2.45, 2.75) is 13.1 Å². The average Bonchev–Trinajstić information content (AvgIpc) is 3.34. The number of nitrogens with one attached hydrogen (secondary N) is 3. The molecule has 4 aromatic rings. The van der Waals surface area contributed by atoms with E-state index in [2.05, 4.69) is 26.0 Å². The molecule has 3 N–H and O–H groups in total. The molecule has 0 saturated carbocycles. The summed E-state index contributed by atoms with van der Waals surface area (Å²) in [6.07, 6.45) is 1.47. The zero-order valence-corrected chi connectivity index (χ0v) is 18.2. The number of amides is 3. The van der Waals surface area contributed by atoms with Crippen LogP contribution in [-0.2, 0) is 17.9 Å². The van der Waals surface area contributed by atoms with Gasteiger partial charge in [0.05, 0.1) is 11.9 Å². The molecule has 0 aliphatic carbocycles. The molecule has 0 bridgehead atoms. The van der Waals surface area contributed by atoms with Gasteiger partial charge in [-0.1, -0.05) is 18.2 Å². The van der Waals surface area contributed by atoms with Crippen molar-refractivity contribution in [3.63, 3.8) is 0 Å². The quantitative estimate of drug-likeness (QED) is 0.393. The number of anilines is 1. The van der Waals surface area contributed by atoms with Gasteiger partial charge in [0.2, 0.25) is 0 Å². The molecule has 2 aromatic carbocycles. The highest BCUT2D eigenvalue weighted by Gasteiger charge is 2.19. The summed E-state index contributed by atoms with van der Waals surface area (Å²) in [5.74, 6) is -1.08. The van der Waals surface area contributed by atoms with Crippen molar-refractivity contribution in [2.75, 3.05) is 11.9 Å². The van der Waals surface area contributed by atoms with Crippen molar-refractivity contribution in [1.29, 1.82) is 0 Å². The van der Waals surface area contributed by atoms with E-state index in [-0.39, 0.29) is 37.0 Å². The summed E-state index contributed by atoms with van der Waals surface area (Å²) in [6, 6.07) is 14.0. The number of rotatable bonds is 6. The van der Waals surface area contributed by atoms with Crippen LogP contribution in [0.3, 0.4) is 0 Å². The van der Waals surface area contributed by atoms with Crippen LogP contribution in [0.15, 0.2) is 60.8 Å². The second-order valence-electron chi connectivity index (χ2n) is 7.79. The predicted octanol–water partition coefficient (Wildman–Crippen LogP) is 2.06. The summed E-state index contributed by atoms with van der Waals surface area (Å²) in [5, 5.41) is 12.3. The molecule has 0 fully saturated rings. The highest BCUT2D eigenvalue weighted by Crippen LogP contribution is 2.28. The molecule has 11 heteroatoms. The molecule has 5 rings (SSSR count). The van der Waals surface area contributed by atoms with E-state index < -0.39 is 17.6 Å². The van der Waals surface area contributed by atoms with E-state index >= 15 is 0 Å². The Hall–Kier alpha value is -4.80. The number of benzene rings is 2. The first-order valence-electron chi connectivity index (χ1n) is 10.7. The fourth-order valence-electron chi connectivity index (χ4n) is 3.62. The third-order valence-electron chi connectivity index (χ3n) is 5.30. The minimum atomic E-state index is -0.496. The Bertz CT molecular complexity index is 1470. The fraction of sp³-hybridized carbons (Fsp3) is 0.125. The largest absolute Gasteiger partial charge is 0.482 e. The molecule has 10 nitrogen and oxygen atoms in total. The number of fused-ring (bicyclic) bond motifs is 2.